The number of allylic oxidation sites excluding steroid dienone is 1. The van der Waals surface area contributed by atoms with Gasteiger partial charge in [-0.2, -0.15) is 0 Å². The lowest BCUT2D eigenvalue weighted by molar-refractivity contribution is -0.0900. The second kappa shape index (κ2) is 9.90. The number of phenolic OH excluding ortho intramolecular Hbond substituents is 3. The van der Waals surface area contributed by atoms with Crippen molar-refractivity contribution >= 4 is 6.08 Å². The van der Waals surface area contributed by atoms with Crippen molar-refractivity contribution in [2.45, 2.75) is 25.0 Å². The first-order valence-corrected chi connectivity index (χ1v) is 10.8. The Hall–Kier alpha value is -3.28. The van der Waals surface area contributed by atoms with Crippen molar-refractivity contribution in [1.82, 2.24) is 0 Å². The first-order valence-electron chi connectivity index (χ1n) is 10.8. The zero-order valence-corrected chi connectivity index (χ0v) is 17.7. The van der Waals surface area contributed by atoms with Gasteiger partial charge in [-0.25, -0.2) is 0 Å². The lowest BCUT2D eigenvalue weighted by Gasteiger charge is -2.38. The molecule has 0 amide bonds. The van der Waals surface area contributed by atoms with Gasteiger partial charge in [0.05, 0.1) is 18.8 Å². The van der Waals surface area contributed by atoms with E-state index in [2.05, 4.69) is 6.08 Å². The van der Waals surface area contributed by atoms with Gasteiger partial charge in [-0.05, 0) is 71.8 Å². The highest BCUT2D eigenvalue weighted by Gasteiger charge is 2.35. The third-order valence-corrected chi connectivity index (χ3v) is 6.07. The quantitative estimate of drug-likeness (QED) is 0.422. The van der Waals surface area contributed by atoms with Gasteiger partial charge in [-0.1, -0.05) is 48.6 Å². The number of ether oxygens (including phenoxy) is 1. The average molecular weight is 433 g/mol. The summed E-state index contributed by atoms with van der Waals surface area (Å²) in [6, 6.07) is 20.8. The molecule has 1 heterocycles. The van der Waals surface area contributed by atoms with Crippen molar-refractivity contribution < 1.29 is 25.2 Å². The number of aromatic hydroxyl groups is 3. The molecule has 4 rings (SSSR count). The van der Waals surface area contributed by atoms with Gasteiger partial charge in [0.2, 0.25) is 0 Å². The van der Waals surface area contributed by atoms with E-state index in [9.17, 15) is 20.4 Å². The molecule has 32 heavy (non-hydrogen) atoms. The number of hydrogen-bond acceptors (Lipinski definition) is 5. The van der Waals surface area contributed by atoms with Crippen molar-refractivity contribution in [3.05, 3.63) is 95.6 Å². The second-order valence-corrected chi connectivity index (χ2v) is 8.37. The molecule has 1 saturated heterocycles. The Labute approximate surface area is 187 Å². The van der Waals surface area contributed by atoms with Crippen LogP contribution in [0.25, 0.3) is 6.08 Å². The van der Waals surface area contributed by atoms with Gasteiger partial charge in [0.1, 0.15) is 17.2 Å². The SMILES string of the molecule is Oc1ccc(C=CC[C@H]2C[C@H]([C@@H](O)c3ccc(O)cc3)CO[C@@H]2c2ccc(O)cc2)cc1. The van der Waals surface area contributed by atoms with E-state index in [0.717, 1.165) is 29.5 Å². The van der Waals surface area contributed by atoms with E-state index >= 15 is 0 Å². The Kier molecular flexibility index (Phi) is 6.78. The van der Waals surface area contributed by atoms with E-state index < -0.39 is 6.10 Å². The van der Waals surface area contributed by atoms with Crippen LogP contribution in [0, 0.1) is 11.8 Å². The lowest BCUT2D eigenvalue weighted by Crippen LogP contribution is -2.32. The van der Waals surface area contributed by atoms with E-state index in [1.807, 2.05) is 30.3 Å². The van der Waals surface area contributed by atoms with E-state index in [1.165, 1.54) is 0 Å². The van der Waals surface area contributed by atoms with Crippen molar-refractivity contribution in [3.8, 4) is 17.2 Å². The summed E-state index contributed by atoms with van der Waals surface area (Å²) in [5.74, 6) is 0.694. The molecule has 0 radical (unpaired) electrons. The zero-order chi connectivity index (χ0) is 22.5. The van der Waals surface area contributed by atoms with Gasteiger partial charge in [-0.15, -0.1) is 0 Å². The van der Waals surface area contributed by atoms with Crippen LogP contribution in [-0.2, 0) is 4.74 Å². The molecular formula is C27H28O5. The molecule has 4 N–H and O–H groups in total. The highest BCUT2D eigenvalue weighted by Crippen LogP contribution is 2.42. The number of rotatable bonds is 6. The smallest absolute Gasteiger partial charge is 0.115 e. The summed E-state index contributed by atoms with van der Waals surface area (Å²) in [4.78, 5) is 0. The third-order valence-electron chi connectivity index (χ3n) is 6.07. The largest absolute Gasteiger partial charge is 0.508 e. The van der Waals surface area contributed by atoms with E-state index in [1.54, 1.807) is 48.5 Å². The molecule has 5 heteroatoms. The maximum Gasteiger partial charge on any atom is 0.115 e. The third kappa shape index (κ3) is 5.31. The summed E-state index contributed by atoms with van der Waals surface area (Å²) in [5, 5.41) is 39.6. The molecule has 1 fully saturated rings. The molecule has 4 atom stereocenters. The van der Waals surface area contributed by atoms with Gasteiger partial charge >= 0.3 is 0 Å². The van der Waals surface area contributed by atoms with Crippen molar-refractivity contribution in [3.63, 3.8) is 0 Å². The van der Waals surface area contributed by atoms with Crippen molar-refractivity contribution in [1.29, 1.82) is 0 Å². The molecule has 1 aliphatic heterocycles. The Morgan fingerprint density at radius 3 is 2.00 bits per heavy atom. The number of phenols is 3. The first kappa shape index (κ1) is 21.9. The Morgan fingerprint density at radius 2 is 1.38 bits per heavy atom. The van der Waals surface area contributed by atoms with Crippen molar-refractivity contribution in [2.24, 2.45) is 11.8 Å². The van der Waals surface area contributed by atoms with Crippen LogP contribution < -0.4 is 0 Å². The number of benzene rings is 3. The fourth-order valence-electron chi connectivity index (χ4n) is 4.32. The standard InChI is InChI=1S/C27H28O5/c28-23-10-4-18(5-11-23)2-1-3-21-16-22(26(31)19-6-12-24(29)13-7-19)17-32-27(21)20-8-14-25(30)15-9-20/h1-2,4-15,21-22,26-31H,3,16-17H2/t21-,22-,26-,27+/m0/s1. The summed E-state index contributed by atoms with van der Waals surface area (Å²) in [6.45, 7) is 0.422. The van der Waals surface area contributed by atoms with Crippen LogP contribution in [0.4, 0.5) is 0 Å². The molecule has 0 saturated carbocycles. The molecule has 0 aromatic heterocycles. The van der Waals surface area contributed by atoms with Gasteiger partial charge in [0.25, 0.3) is 0 Å². The monoisotopic (exact) mass is 432 g/mol. The molecule has 5 nitrogen and oxygen atoms in total. The molecule has 3 aromatic rings. The Bertz CT molecular complexity index is 1030. The fourth-order valence-corrected chi connectivity index (χ4v) is 4.32. The number of aliphatic hydroxyl groups excluding tert-OH is 1. The van der Waals surface area contributed by atoms with Crippen LogP contribution in [0.15, 0.2) is 78.9 Å². The summed E-state index contributed by atoms with van der Waals surface area (Å²) < 4.78 is 6.26. The van der Waals surface area contributed by atoms with Gasteiger partial charge in [-0.3, -0.25) is 0 Å². The Balaban J connectivity index is 1.51. The minimum atomic E-state index is -0.681. The number of hydrogen-bond donors (Lipinski definition) is 4. The minimum absolute atomic E-state index is 0.0695. The summed E-state index contributed by atoms with van der Waals surface area (Å²) in [5.41, 5.74) is 2.77. The Morgan fingerprint density at radius 1 is 0.812 bits per heavy atom. The van der Waals surface area contributed by atoms with E-state index in [4.69, 9.17) is 4.74 Å². The predicted molar refractivity (Wildman–Crippen MR) is 123 cm³/mol. The molecule has 166 valence electrons. The average Bonchev–Trinajstić information content (AvgIpc) is 2.81. The van der Waals surface area contributed by atoms with Crippen LogP contribution in [0.5, 0.6) is 17.2 Å². The molecule has 0 spiro atoms. The molecular weight excluding hydrogens is 404 g/mol. The van der Waals surface area contributed by atoms with E-state index in [0.29, 0.717) is 6.61 Å². The van der Waals surface area contributed by atoms with Gasteiger partial charge in [0.15, 0.2) is 0 Å². The van der Waals surface area contributed by atoms with E-state index in [-0.39, 0.29) is 35.2 Å². The van der Waals surface area contributed by atoms with Crippen LogP contribution in [0.2, 0.25) is 0 Å². The van der Waals surface area contributed by atoms with Gasteiger partial charge < -0.3 is 25.2 Å². The predicted octanol–water partition coefficient (Wildman–Crippen LogP) is 5.33. The molecule has 0 bridgehead atoms. The zero-order valence-electron chi connectivity index (χ0n) is 17.7. The van der Waals surface area contributed by atoms with Crippen molar-refractivity contribution in [2.75, 3.05) is 6.61 Å². The molecule has 0 unspecified atom stereocenters. The highest BCUT2D eigenvalue weighted by molar-refractivity contribution is 5.50. The van der Waals surface area contributed by atoms with Crippen LogP contribution >= 0.6 is 0 Å². The maximum atomic E-state index is 10.9. The van der Waals surface area contributed by atoms with Crippen LogP contribution in [0.3, 0.4) is 0 Å². The lowest BCUT2D eigenvalue weighted by atomic mass is 9.79. The minimum Gasteiger partial charge on any atom is -0.508 e. The normalized spacial score (nSPS) is 22.1. The summed E-state index contributed by atoms with van der Waals surface area (Å²) >= 11 is 0. The fraction of sp³-hybridized carbons (Fsp3) is 0.259. The summed E-state index contributed by atoms with van der Waals surface area (Å²) in [6.07, 6.45) is 4.83. The molecule has 1 aliphatic rings. The second-order valence-electron chi connectivity index (χ2n) is 8.37. The summed E-state index contributed by atoms with van der Waals surface area (Å²) in [7, 11) is 0. The maximum absolute atomic E-state index is 10.9. The van der Waals surface area contributed by atoms with Crippen LogP contribution in [0.1, 0.15) is 41.7 Å². The molecule has 0 aliphatic carbocycles. The number of aliphatic hydroxyl groups is 1. The topological polar surface area (TPSA) is 90.2 Å². The van der Waals surface area contributed by atoms with Gasteiger partial charge in [0, 0.05) is 5.92 Å². The first-order chi connectivity index (χ1) is 15.5. The highest BCUT2D eigenvalue weighted by atomic mass is 16.5. The molecule has 3 aromatic carbocycles. The van der Waals surface area contributed by atoms with Crippen LogP contribution in [-0.4, -0.2) is 27.0 Å².